The largest absolute Gasteiger partial charge is 0.375 e. The summed E-state index contributed by atoms with van der Waals surface area (Å²) in [4.78, 5) is 25.8. The molecule has 1 saturated heterocycles. The minimum Gasteiger partial charge on any atom is -0.375 e. The van der Waals surface area contributed by atoms with Gasteiger partial charge in [0.05, 0.1) is 31.7 Å². The molecule has 0 saturated carbocycles. The van der Waals surface area contributed by atoms with Crippen LogP contribution in [0.2, 0.25) is 0 Å². The van der Waals surface area contributed by atoms with E-state index in [9.17, 15) is 9.59 Å². The zero-order valence-corrected chi connectivity index (χ0v) is 12.5. The van der Waals surface area contributed by atoms with Crippen LogP contribution in [0.5, 0.6) is 0 Å². The van der Waals surface area contributed by atoms with Gasteiger partial charge in [-0.15, -0.1) is 0 Å². The van der Waals surface area contributed by atoms with Gasteiger partial charge < -0.3 is 15.0 Å². The predicted octanol–water partition coefficient (Wildman–Crippen LogP) is 0.981. The van der Waals surface area contributed by atoms with Crippen molar-refractivity contribution in [1.82, 2.24) is 10.2 Å². The molecule has 1 aromatic rings. The van der Waals surface area contributed by atoms with Gasteiger partial charge in [0, 0.05) is 6.54 Å². The van der Waals surface area contributed by atoms with E-state index in [0.717, 1.165) is 5.56 Å². The number of amides is 2. The molecule has 1 aliphatic rings. The highest BCUT2D eigenvalue weighted by Gasteiger charge is 2.27. The Morgan fingerprint density at radius 2 is 2.00 bits per heavy atom. The van der Waals surface area contributed by atoms with Crippen molar-refractivity contribution in [2.24, 2.45) is 0 Å². The summed E-state index contributed by atoms with van der Waals surface area (Å²) in [7, 11) is 0. The molecular weight excluding hydrogens is 268 g/mol. The van der Waals surface area contributed by atoms with E-state index in [1.54, 1.807) is 4.90 Å². The zero-order chi connectivity index (χ0) is 15.2. The molecule has 0 unspecified atom stereocenters. The number of hydrogen-bond donors (Lipinski definition) is 1. The molecule has 1 heterocycles. The van der Waals surface area contributed by atoms with Gasteiger partial charge in [-0.3, -0.25) is 9.59 Å². The number of benzene rings is 1. The average Bonchev–Trinajstić information content (AvgIpc) is 2.48. The van der Waals surface area contributed by atoms with E-state index < -0.39 is 0 Å². The molecule has 2 rings (SSSR count). The van der Waals surface area contributed by atoms with Crippen LogP contribution in [0, 0.1) is 0 Å². The van der Waals surface area contributed by atoms with Gasteiger partial charge in [-0.1, -0.05) is 30.3 Å². The molecule has 0 radical (unpaired) electrons. The Morgan fingerprint density at radius 1 is 1.29 bits per heavy atom. The lowest BCUT2D eigenvalue weighted by Gasteiger charge is -2.36. The highest BCUT2D eigenvalue weighted by Crippen LogP contribution is 2.11. The van der Waals surface area contributed by atoms with Gasteiger partial charge in [-0.25, -0.2) is 0 Å². The highest BCUT2D eigenvalue weighted by molar-refractivity contribution is 5.85. The van der Waals surface area contributed by atoms with Crippen molar-refractivity contribution in [2.75, 3.05) is 19.7 Å². The van der Waals surface area contributed by atoms with Crippen LogP contribution in [-0.2, 0) is 20.7 Å². The smallest absolute Gasteiger partial charge is 0.242 e. The first-order valence-corrected chi connectivity index (χ1v) is 7.28. The van der Waals surface area contributed by atoms with Crippen LogP contribution in [0.15, 0.2) is 30.3 Å². The summed E-state index contributed by atoms with van der Waals surface area (Å²) in [5, 5.41) is 2.69. The van der Waals surface area contributed by atoms with Gasteiger partial charge in [0.2, 0.25) is 11.8 Å². The number of ether oxygens (including phenoxy) is 1. The van der Waals surface area contributed by atoms with Crippen LogP contribution in [-0.4, -0.2) is 48.6 Å². The summed E-state index contributed by atoms with van der Waals surface area (Å²) in [6.45, 7) is 5.07. The van der Waals surface area contributed by atoms with E-state index in [-0.39, 0.29) is 30.5 Å². The Kier molecular flexibility index (Phi) is 5.33. The number of nitrogens with zero attached hydrogens (tertiary/aromatic N) is 1. The van der Waals surface area contributed by atoms with E-state index in [4.69, 9.17) is 4.74 Å². The number of carbonyl (C=O) groups excluding carboxylic acids is 2. The summed E-state index contributed by atoms with van der Waals surface area (Å²) in [6, 6.07) is 9.54. The lowest BCUT2D eigenvalue weighted by atomic mass is 10.1. The molecule has 21 heavy (non-hydrogen) atoms. The second-order valence-electron chi connectivity index (χ2n) is 5.48. The molecule has 5 heteroatoms. The second-order valence-corrected chi connectivity index (χ2v) is 5.48. The van der Waals surface area contributed by atoms with E-state index in [1.807, 2.05) is 44.2 Å². The van der Waals surface area contributed by atoms with Gasteiger partial charge in [0.1, 0.15) is 0 Å². The first kappa shape index (κ1) is 15.5. The quantitative estimate of drug-likeness (QED) is 0.899. The fourth-order valence-corrected chi connectivity index (χ4v) is 2.37. The number of morpholine rings is 1. The van der Waals surface area contributed by atoms with Gasteiger partial charge in [0.15, 0.2) is 0 Å². The molecule has 1 aromatic carbocycles. The number of carbonyl (C=O) groups is 2. The van der Waals surface area contributed by atoms with Crippen molar-refractivity contribution >= 4 is 11.8 Å². The summed E-state index contributed by atoms with van der Waals surface area (Å²) in [6.07, 6.45) is 0.341. The van der Waals surface area contributed by atoms with Crippen LogP contribution in [0.3, 0.4) is 0 Å². The Hall–Kier alpha value is -1.88. The molecule has 2 amide bonds. The number of nitrogens with one attached hydrogen (secondary N) is 1. The van der Waals surface area contributed by atoms with Gasteiger partial charge in [-0.2, -0.15) is 0 Å². The maximum absolute atomic E-state index is 12.2. The zero-order valence-electron chi connectivity index (χ0n) is 12.5. The van der Waals surface area contributed by atoms with Gasteiger partial charge >= 0.3 is 0 Å². The first-order valence-electron chi connectivity index (χ1n) is 7.28. The van der Waals surface area contributed by atoms with Crippen molar-refractivity contribution in [3.05, 3.63) is 35.9 Å². The van der Waals surface area contributed by atoms with Crippen molar-refractivity contribution < 1.29 is 14.3 Å². The summed E-state index contributed by atoms with van der Waals surface area (Å²) >= 11 is 0. The fraction of sp³-hybridized carbons (Fsp3) is 0.500. The minimum absolute atomic E-state index is 0.0444. The Balaban J connectivity index is 1.79. The number of rotatable bonds is 4. The molecule has 114 valence electrons. The Bertz CT molecular complexity index is 490. The van der Waals surface area contributed by atoms with Crippen LogP contribution in [0.25, 0.3) is 0 Å². The molecule has 0 aromatic heterocycles. The minimum atomic E-state index is -0.136. The molecule has 1 fully saturated rings. The van der Waals surface area contributed by atoms with E-state index in [0.29, 0.717) is 19.6 Å². The van der Waals surface area contributed by atoms with Crippen LogP contribution in [0.1, 0.15) is 19.4 Å². The van der Waals surface area contributed by atoms with E-state index >= 15 is 0 Å². The third-order valence-electron chi connectivity index (χ3n) is 3.57. The molecule has 5 nitrogen and oxygen atoms in total. The van der Waals surface area contributed by atoms with Gasteiger partial charge in [0.25, 0.3) is 0 Å². The summed E-state index contributed by atoms with van der Waals surface area (Å²) < 4.78 is 5.49. The van der Waals surface area contributed by atoms with Crippen molar-refractivity contribution in [3.63, 3.8) is 0 Å². The number of hydrogen-bond acceptors (Lipinski definition) is 3. The molecule has 0 spiro atoms. The molecule has 1 aliphatic heterocycles. The van der Waals surface area contributed by atoms with Gasteiger partial charge in [-0.05, 0) is 19.4 Å². The molecule has 2 atom stereocenters. The normalized spacial score (nSPS) is 21.9. The first-order chi connectivity index (χ1) is 10.1. The Labute approximate surface area is 125 Å². The SMILES string of the molecule is C[C@@H]1CN(C(=O)CNC(=O)Cc2ccccc2)[C@H](C)CO1. The van der Waals surface area contributed by atoms with Crippen molar-refractivity contribution in [1.29, 1.82) is 0 Å². The molecule has 0 aliphatic carbocycles. The molecule has 1 N–H and O–H groups in total. The third-order valence-corrected chi connectivity index (χ3v) is 3.57. The molecule has 0 bridgehead atoms. The third kappa shape index (κ3) is 4.56. The maximum atomic E-state index is 12.2. The van der Waals surface area contributed by atoms with E-state index in [1.165, 1.54) is 0 Å². The predicted molar refractivity (Wildman–Crippen MR) is 79.7 cm³/mol. The lowest BCUT2D eigenvalue weighted by Crippen LogP contribution is -2.53. The standard InChI is InChI=1S/C16H22N2O3/c1-12-11-21-13(2)10-18(12)16(20)9-17-15(19)8-14-6-4-3-5-7-14/h3-7,12-13H,8-11H2,1-2H3,(H,17,19)/t12-,13-/m1/s1. The second kappa shape index (κ2) is 7.22. The van der Waals surface area contributed by atoms with E-state index in [2.05, 4.69) is 5.32 Å². The lowest BCUT2D eigenvalue weighted by molar-refractivity contribution is -0.143. The summed E-state index contributed by atoms with van der Waals surface area (Å²) in [5.74, 6) is -0.192. The maximum Gasteiger partial charge on any atom is 0.242 e. The van der Waals surface area contributed by atoms with Crippen LogP contribution >= 0.6 is 0 Å². The average molecular weight is 290 g/mol. The Morgan fingerprint density at radius 3 is 2.71 bits per heavy atom. The summed E-state index contributed by atoms with van der Waals surface area (Å²) in [5.41, 5.74) is 0.941. The molecular formula is C16H22N2O3. The van der Waals surface area contributed by atoms with Crippen LogP contribution in [0.4, 0.5) is 0 Å². The monoisotopic (exact) mass is 290 g/mol. The highest BCUT2D eigenvalue weighted by atomic mass is 16.5. The topological polar surface area (TPSA) is 58.6 Å². The fourth-order valence-electron chi connectivity index (χ4n) is 2.37. The van der Waals surface area contributed by atoms with Crippen LogP contribution < -0.4 is 5.32 Å². The van der Waals surface area contributed by atoms with Crippen molar-refractivity contribution in [2.45, 2.75) is 32.4 Å². The van der Waals surface area contributed by atoms with Crippen molar-refractivity contribution in [3.8, 4) is 0 Å².